The fourth-order valence-electron chi connectivity index (χ4n) is 4.26. The zero-order valence-corrected chi connectivity index (χ0v) is 18.8. The first-order valence-corrected chi connectivity index (χ1v) is 11.2. The number of H-pyrrole nitrogens is 1. The number of aromatic amines is 1. The van der Waals surface area contributed by atoms with E-state index in [2.05, 4.69) is 10.2 Å². The van der Waals surface area contributed by atoms with Gasteiger partial charge in [0.2, 0.25) is 13.1 Å². The Morgan fingerprint density at radius 3 is 2.60 bits per heavy atom. The number of aliphatic hydroxyl groups is 4. The van der Waals surface area contributed by atoms with Crippen LogP contribution in [0.4, 0.5) is 0 Å². The van der Waals surface area contributed by atoms with Crippen molar-refractivity contribution >= 4 is 0 Å². The third kappa shape index (κ3) is 4.17. The smallest absolute Gasteiger partial charge is 0.231 e. The fourth-order valence-corrected chi connectivity index (χ4v) is 4.26. The number of nitrogens with zero attached hydrogens (tertiary/aromatic N) is 1. The molecular weight excluding hydrogens is 460 g/mol. The molecule has 186 valence electrons. The zero-order valence-electron chi connectivity index (χ0n) is 18.8. The van der Waals surface area contributed by atoms with Gasteiger partial charge in [0, 0.05) is 17.2 Å². The molecule has 2 aromatic carbocycles. The van der Waals surface area contributed by atoms with Crippen molar-refractivity contribution in [1.82, 2.24) is 10.2 Å². The van der Waals surface area contributed by atoms with E-state index in [1.807, 2.05) is 25.1 Å². The minimum absolute atomic E-state index is 0.118. The van der Waals surface area contributed by atoms with Crippen molar-refractivity contribution in [3.05, 3.63) is 42.1 Å². The molecule has 0 radical (unpaired) electrons. The molecule has 2 aliphatic heterocycles. The maximum absolute atomic E-state index is 10.9. The van der Waals surface area contributed by atoms with Crippen LogP contribution < -0.4 is 14.2 Å². The fraction of sp³-hybridized carbons (Fsp3) is 0.375. The summed E-state index contributed by atoms with van der Waals surface area (Å²) >= 11 is 0. The second kappa shape index (κ2) is 9.36. The average molecular weight is 486 g/mol. The van der Waals surface area contributed by atoms with E-state index < -0.39 is 37.3 Å². The van der Waals surface area contributed by atoms with Gasteiger partial charge in [0.05, 0.1) is 18.5 Å². The Kier molecular flexibility index (Phi) is 6.26. The molecule has 0 amide bonds. The molecule has 0 unspecified atom stereocenters. The minimum Gasteiger partial charge on any atom is -0.507 e. The number of aliphatic hydroxyl groups excluding tert-OH is 4. The molecule has 11 heteroatoms. The maximum Gasteiger partial charge on any atom is 0.231 e. The predicted molar refractivity (Wildman–Crippen MR) is 121 cm³/mol. The van der Waals surface area contributed by atoms with E-state index in [-0.39, 0.29) is 18.3 Å². The number of aromatic nitrogens is 2. The van der Waals surface area contributed by atoms with E-state index >= 15 is 0 Å². The number of aryl methyl sites for hydroxylation is 1. The van der Waals surface area contributed by atoms with E-state index in [0.29, 0.717) is 34.7 Å². The highest BCUT2D eigenvalue weighted by Crippen LogP contribution is 2.42. The Balaban J connectivity index is 1.46. The van der Waals surface area contributed by atoms with Gasteiger partial charge in [-0.15, -0.1) is 0 Å². The van der Waals surface area contributed by atoms with Crippen LogP contribution in [0.5, 0.6) is 23.0 Å². The summed E-state index contributed by atoms with van der Waals surface area (Å²) in [5, 5.41) is 57.7. The standard InChI is InChI=1S/C24H26N2O9/c1-2-11-5-13(20-14(8-25-26-20)12-3-4-16-18(6-12)33-10-32-16)15(28)7-17(11)34-24-23(31)22(30)21(29)19(9-27)35-24/h3-8,19,21-24,27-31H,2,9-10H2,1H3,(H,25,26)/t19-,21+,22+,23+,24-/m0/s1. The number of hydrogen-bond donors (Lipinski definition) is 6. The number of benzene rings is 2. The highest BCUT2D eigenvalue weighted by molar-refractivity contribution is 5.84. The summed E-state index contributed by atoms with van der Waals surface area (Å²) in [5.41, 5.74) is 3.30. The molecule has 11 nitrogen and oxygen atoms in total. The highest BCUT2D eigenvalue weighted by atomic mass is 16.7. The molecule has 3 heterocycles. The van der Waals surface area contributed by atoms with Gasteiger partial charge in [-0.3, -0.25) is 5.10 Å². The topological polar surface area (TPSA) is 167 Å². The molecular formula is C24H26N2O9. The van der Waals surface area contributed by atoms with Gasteiger partial charge < -0.3 is 44.5 Å². The van der Waals surface area contributed by atoms with Crippen LogP contribution in [0.15, 0.2) is 36.5 Å². The Hall–Kier alpha value is -3.35. The largest absolute Gasteiger partial charge is 0.507 e. The lowest BCUT2D eigenvalue weighted by molar-refractivity contribution is -0.277. The van der Waals surface area contributed by atoms with Crippen LogP contribution in [0.3, 0.4) is 0 Å². The molecule has 35 heavy (non-hydrogen) atoms. The number of hydrogen-bond acceptors (Lipinski definition) is 10. The first-order chi connectivity index (χ1) is 16.9. The first kappa shape index (κ1) is 23.4. The average Bonchev–Trinajstić information content (AvgIpc) is 3.53. The molecule has 0 spiro atoms. The number of aromatic hydroxyl groups is 1. The van der Waals surface area contributed by atoms with Crippen molar-refractivity contribution in [3.63, 3.8) is 0 Å². The van der Waals surface area contributed by atoms with Crippen molar-refractivity contribution in [2.45, 2.75) is 44.1 Å². The van der Waals surface area contributed by atoms with Crippen molar-refractivity contribution in [1.29, 1.82) is 0 Å². The molecule has 1 fully saturated rings. The highest BCUT2D eigenvalue weighted by Gasteiger charge is 2.45. The van der Waals surface area contributed by atoms with Crippen LogP contribution in [0, 0.1) is 0 Å². The van der Waals surface area contributed by atoms with E-state index in [1.165, 1.54) is 6.07 Å². The van der Waals surface area contributed by atoms with Crippen molar-refractivity contribution in [2.75, 3.05) is 13.4 Å². The summed E-state index contributed by atoms with van der Waals surface area (Å²) in [7, 11) is 0. The van der Waals surface area contributed by atoms with Crippen LogP contribution in [0.1, 0.15) is 12.5 Å². The molecule has 6 N–H and O–H groups in total. The minimum atomic E-state index is -1.57. The predicted octanol–water partition coefficient (Wildman–Crippen LogP) is 0.919. The van der Waals surface area contributed by atoms with Gasteiger partial charge in [-0.05, 0) is 35.7 Å². The van der Waals surface area contributed by atoms with Crippen LogP contribution in [0.2, 0.25) is 0 Å². The number of phenolic OH excluding ortho intramolecular Hbond substituents is 1. The Morgan fingerprint density at radius 1 is 1.03 bits per heavy atom. The summed E-state index contributed by atoms with van der Waals surface area (Å²) in [5.74, 6) is 1.39. The molecule has 3 aromatic rings. The van der Waals surface area contributed by atoms with Crippen LogP contribution in [-0.4, -0.2) is 79.8 Å². The first-order valence-electron chi connectivity index (χ1n) is 11.2. The molecule has 2 aliphatic rings. The van der Waals surface area contributed by atoms with Crippen molar-refractivity contribution in [2.24, 2.45) is 0 Å². The summed E-state index contributed by atoms with van der Waals surface area (Å²) in [6.07, 6.45) is -4.94. The van der Waals surface area contributed by atoms with E-state index in [4.69, 9.17) is 18.9 Å². The molecule has 0 bridgehead atoms. The molecule has 1 aromatic heterocycles. The number of phenols is 1. The van der Waals surface area contributed by atoms with Crippen molar-refractivity contribution in [3.8, 4) is 45.4 Å². The molecule has 0 aliphatic carbocycles. The second-order valence-electron chi connectivity index (χ2n) is 8.37. The van der Waals surface area contributed by atoms with E-state index in [9.17, 15) is 25.5 Å². The van der Waals surface area contributed by atoms with Gasteiger partial charge in [0.25, 0.3) is 0 Å². The summed E-state index contributed by atoms with van der Waals surface area (Å²) in [4.78, 5) is 0. The third-order valence-corrected chi connectivity index (χ3v) is 6.24. The summed E-state index contributed by atoms with van der Waals surface area (Å²) in [6, 6.07) is 8.64. The lowest BCUT2D eigenvalue weighted by atomic mass is 9.97. The number of nitrogens with one attached hydrogen (secondary N) is 1. The van der Waals surface area contributed by atoms with Crippen molar-refractivity contribution < 1.29 is 44.5 Å². The van der Waals surface area contributed by atoms with Gasteiger partial charge in [0.15, 0.2) is 11.5 Å². The van der Waals surface area contributed by atoms with Gasteiger partial charge >= 0.3 is 0 Å². The lowest BCUT2D eigenvalue weighted by Gasteiger charge is -2.39. The van der Waals surface area contributed by atoms with E-state index in [1.54, 1.807) is 12.3 Å². The summed E-state index contributed by atoms with van der Waals surface area (Å²) < 4.78 is 22.1. The van der Waals surface area contributed by atoms with Gasteiger partial charge in [0.1, 0.15) is 35.9 Å². The summed E-state index contributed by atoms with van der Waals surface area (Å²) in [6.45, 7) is 1.48. The Morgan fingerprint density at radius 2 is 1.83 bits per heavy atom. The SMILES string of the molecule is CCc1cc(-c2[nH]ncc2-c2ccc3c(c2)OCO3)c(O)cc1O[C@H]1O[C@@H](CO)[C@@H](O)[C@@H](O)[C@H]1O. The third-order valence-electron chi connectivity index (χ3n) is 6.24. The van der Waals surface area contributed by atoms with Crippen LogP contribution >= 0.6 is 0 Å². The van der Waals surface area contributed by atoms with Gasteiger partial charge in [-0.1, -0.05) is 13.0 Å². The molecule has 1 saturated heterocycles. The molecule has 0 saturated carbocycles. The maximum atomic E-state index is 10.9. The lowest BCUT2D eigenvalue weighted by Crippen LogP contribution is -2.60. The number of fused-ring (bicyclic) bond motifs is 1. The van der Waals surface area contributed by atoms with Crippen LogP contribution in [-0.2, 0) is 11.2 Å². The van der Waals surface area contributed by atoms with Gasteiger partial charge in [-0.2, -0.15) is 5.10 Å². The van der Waals surface area contributed by atoms with Gasteiger partial charge in [-0.25, -0.2) is 0 Å². The molecule has 5 atom stereocenters. The number of ether oxygens (including phenoxy) is 4. The Labute approximate surface area is 200 Å². The van der Waals surface area contributed by atoms with E-state index in [0.717, 1.165) is 11.1 Å². The van der Waals surface area contributed by atoms with Crippen LogP contribution in [0.25, 0.3) is 22.4 Å². The molecule has 5 rings (SSSR count). The second-order valence-corrected chi connectivity index (χ2v) is 8.37. The Bertz CT molecular complexity index is 1210. The quantitative estimate of drug-likeness (QED) is 0.295. The monoisotopic (exact) mass is 486 g/mol. The zero-order chi connectivity index (χ0) is 24.7. The number of rotatable bonds is 6. The normalized spacial score (nSPS) is 25.6.